The molecular formula is C17H20N2O4S2. The maximum Gasteiger partial charge on any atom is 0.237 e. The second-order valence-corrected chi connectivity index (χ2v) is 8.99. The Morgan fingerprint density at radius 3 is 2.84 bits per heavy atom. The molecule has 1 aliphatic heterocycles. The summed E-state index contributed by atoms with van der Waals surface area (Å²) in [6.07, 6.45) is -0.0626. The van der Waals surface area contributed by atoms with Crippen LogP contribution in [0.2, 0.25) is 0 Å². The predicted octanol–water partition coefficient (Wildman–Crippen LogP) is 1.97. The van der Waals surface area contributed by atoms with E-state index in [1.807, 2.05) is 37.3 Å². The molecule has 1 fully saturated rings. The largest absolute Gasteiger partial charge is 0.375 e. The molecule has 1 aromatic heterocycles. The highest BCUT2D eigenvalue weighted by molar-refractivity contribution is 7.91. The number of aromatic nitrogens is 1. The molecule has 25 heavy (non-hydrogen) atoms. The highest BCUT2D eigenvalue weighted by atomic mass is 32.2. The van der Waals surface area contributed by atoms with Crippen molar-refractivity contribution in [3.63, 3.8) is 0 Å². The molecule has 0 N–H and O–H groups in total. The zero-order valence-corrected chi connectivity index (χ0v) is 15.6. The minimum atomic E-state index is -3.56. The molecule has 0 spiro atoms. The van der Waals surface area contributed by atoms with Gasteiger partial charge in [0.2, 0.25) is 5.91 Å². The lowest BCUT2D eigenvalue weighted by Gasteiger charge is -2.31. The summed E-state index contributed by atoms with van der Waals surface area (Å²) in [5.41, 5.74) is 1.43. The number of morpholine rings is 1. The van der Waals surface area contributed by atoms with Gasteiger partial charge in [-0.05, 0) is 6.92 Å². The molecule has 0 bridgehead atoms. The molecule has 0 radical (unpaired) electrons. The van der Waals surface area contributed by atoms with Crippen LogP contribution >= 0.6 is 11.3 Å². The van der Waals surface area contributed by atoms with Crippen LogP contribution in [-0.4, -0.2) is 55.8 Å². The van der Waals surface area contributed by atoms with Crippen molar-refractivity contribution in [3.05, 3.63) is 41.4 Å². The van der Waals surface area contributed by atoms with Gasteiger partial charge in [-0.1, -0.05) is 30.3 Å². The monoisotopic (exact) mass is 380 g/mol. The van der Waals surface area contributed by atoms with Crippen molar-refractivity contribution >= 4 is 27.1 Å². The van der Waals surface area contributed by atoms with Gasteiger partial charge in [0.15, 0.2) is 9.84 Å². The normalized spacial score (nSPS) is 18.3. The van der Waals surface area contributed by atoms with Crippen molar-refractivity contribution in [1.29, 1.82) is 0 Å². The Hall–Kier alpha value is -1.77. The van der Waals surface area contributed by atoms with Crippen LogP contribution < -0.4 is 0 Å². The van der Waals surface area contributed by atoms with Gasteiger partial charge in [0, 0.05) is 24.0 Å². The first-order valence-electron chi connectivity index (χ1n) is 8.02. The number of carbonyl (C=O) groups excluding carboxylic acids is 1. The highest BCUT2D eigenvalue weighted by Gasteiger charge is 2.26. The van der Waals surface area contributed by atoms with Gasteiger partial charge in [0.05, 0.1) is 24.2 Å². The lowest BCUT2D eigenvalue weighted by molar-refractivity contribution is -0.135. The van der Waals surface area contributed by atoms with Crippen LogP contribution in [0.1, 0.15) is 12.6 Å². The Balaban J connectivity index is 1.63. The highest BCUT2D eigenvalue weighted by Crippen LogP contribution is 2.24. The number of amides is 1. The molecule has 0 saturated carbocycles. The van der Waals surface area contributed by atoms with E-state index in [2.05, 4.69) is 4.98 Å². The molecule has 134 valence electrons. The number of rotatable bonds is 5. The van der Waals surface area contributed by atoms with Crippen molar-refractivity contribution in [2.24, 2.45) is 0 Å². The summed E-state index contributed by atoms with van der Waals surface area (Å²) >= 11 is 1.40. The van der Waals surface area contributed by atoms with Gasteiger partial charge < -0.3 is 9.64 Å². The van der Waals surface area contributed by atoms with Crippen LogP contribution in [0.3, 0.4) is 0 Å². The SMILES string of the molecule is CC1CN(C(=O)CS(=O)(=O)Cc2csc(-c3ccccc3)n2)CCO1. The number of carbonyl (C=O) groups is 1. The van der Waals surface area contributed by atoms with E-state index in [4.69, 9.17) is 4.74 Å². The number of benzene rings is 1. The molecule has 1 unspecified atom stereocenters. The third-order valence-corrected chi connectivity index (χ3v) is 6.24. The summed E-state index contributed by atoms with van der Waals surface area (Å²) < 4.78 is 30.1. The molecule has 1 atom stereocenters. The summed E-state index contributed by atoms with van der Waals surface area (Å²) in [5.74, 6) is -1.08. The molecule has 1 amide bonds. The summed E-state index contributed by atoms with van der Waals surface area (Å²) in [7, 11) is -3.56. The van der Waals surface area contributed by atoms with Gasteiger partial charge in [-0.25, -0.2) is 13.4 Å². The Kier molecular flexibility index (Phi) is 5.51. The van der Waals surface area contributed by atoms with E-state index >= 15 is 0 Å². The van der Waals surface area contributed by atoms with Gasteiger partial charge in [-0.3, -0.25) is 4.79 Å². The van der Waals surface area contributed by atoms with Crippen LogP contribution in [0, 0.1) is 0 Å². The maximum atomic E-state index is 12.4. The molecule has 0 aliphatic carbocycles. The zero-order valence-electron chi connectivity index (χ0n) is 13.9. The van der Waals surface area contributed by atoms with Crippen molar-refractivity contribution in [2.75, 3.05) is 25.4 Å². The average molecular weight is 380 g/mol. The van der Waals surface area contributed by atoms with Crippen LogP contribution in [0.15, 0.2) is 35.7 Å². The van der Waals surface area contributed by atoms with E-state index in [0.717, 1.165) is 10.6 Å². The fraction of sp³-hybridized carbons (Fsp3) is 0.412. The first-order chi connectivity index (χ1) is 11.9. The summed E-state index contributed by atoms with van der Waals surface area (Å²) in [4.78, 5) is 18.2. The molecule has 1 aliphatic rings. The quantitative estimate of drug-likeness (QED) is 0.793. The topological polar surface area (TPSA) is 76.6 Å². The predicted molar refractivity (Wildman–Crippen MR) is 97.0 cm³/mol. The smallest absolute Gasteiger partial charge is 0.237 e. The molecule has 1 aromatic carbocycles. The zero-order chi connectivity index (χ0) is 17.9. The van der Waals surface area contributed by atoms with E-state index in [1.54, 1.807) is 10.3 Å². The standard InChI is InChI=1S/C17H20N2O4S2/c1-13-9-19(7-8-23-13)16(20)12-25(21,22)11-15-10-24-17(18-15)14-5-3-2-4-6-14/h2-6,10,13H,7-9,11-12H2,1H3. The van der Waals surface area contributed by atoms with E-state index in [0.29, 0.717) is 25.4 Å². The van der Waals surface area contributed by atoms with Gasteiger partial charge in [0.1, 0.15) is 10.8 Å². The number of thiazole rings is 1. The molecule has 6 nitrogen and oxygen atoms in total. The van der Waals surface area contributed by atoms with Crippen LogP contribution in [0.4, 0.5) is 0 Å². The molecular weight excluding hydrogens is 360 g/mol. The molecule has 2 heterocycles. The van der Waals surface area contributed by atoms with Crippen LogP contribution in [-0.2, 0) is 25.1 Å². The van der Waals surface area contributed by atoms with Gasteiger partial charge >= 0.3 is 0 Å². The summed E-state index contributed by atoms with van der Waals surface area (Å²) in [6, 6.07) is 9.60. The Labute approximate surface area is 151 Å². The minimum Gasteiger partial charge on any atom is -0.375 e. The molecule has 3 rings (SSSR count). The maximum absolute atomic E-state index is 12.4. The second kappa shape index (κ2) is 7.63. The minimum absolute atomic E-state index is 0.0626. The summed E-state index contributed by atoms with van der Waals surface area (Å²) in [6.45, 7) is 3.19. The second-order valence-electron chi connectivity index (χ2n) is 6.06. The molecule has 2 aromatic rings. The third-order valence-electron chi connectivity index (χ3n) is 3.88. The average Bonchev–Trinajstić information content (AvgIpc) is 3.03. The molecule has 8 heteroatoms. The lowest BCUT2D eigenvalue weighted by Crippen LogP contribution is -2.46. The van der Waals surface area contributed by atoms with E-state index in [9.17, 15) is 13.2 Å². The van der Waals surface area contributed by atoms with Crippen molar-refractivity contribution in [1.82, 2.24) is 9.88 Å². The number of sulfone groups is 1. The first-order valence-corrected chi connectivity index (χ1v) is 10.7. The Morgan fingerprint density at radius 1 is 1.36 bits per heavy atom. The lowest BCUT2D eigenvalue weighted by atomic mass is 10.2. The number of ether oxygens (including phenoxy) is 1. The summed E-state index contributed by atoms with van der Waals surface area (Å²) in [5, 5.41) is 2.51. The Bertz CT molecular complexity index is 833. The first kappa shape index (κ1) is 18.0. The van der Waals surface area contributed by atoms with Crippen LogP contribution in [0.25, 0.3) is 10.6 Å². The van der Waals surface area contributed by atoms with Gasteiger partial charge in [0.25, 0.3) is 0 Å². The molecule has 1 saturated heterocycles. The number of hydrogen-bond donors (Lipinski definition) is 0. The number of nitrogens with zero attached hydrogens (tertiary/aromatic N) is 2. The van der Waals surface area contributed by atoms with Gasteiger partial charge in [-0.2, -0.15) is 0 Å². The van der Waals surface area contributed by atoms with Crippen LogP contribution in [0.5, 0.6) is 0 Å². The number of hydrogen-bond acceptors (Lipinski definition) is 6. The van der Waals surface area contributed by atoms with E-state index < -0.39 is 15.6 Å². The van der Waals surface area contributed by atoms with E-state index in [-0.39, 0.29) is 17.8 Å². The van der Waals surface area contributed by atoms with Crippen molar-refractivity contribution in [3.8, 4) is 10.6 Å². The third kappa shape index (κ3) is 4.87. The van der Waals surface area contributed by atoms with E-state index in [1.165, 1.54) is 11.3 Å². The van der Waals surface area contributed by atoms with Gasteiger partial charge in [-0.15, -0.1) is 11.3 Å². The van der Waals surface area contributed by atoms with Crippen molar-refractivity contribution < 1.29 is 17.9 Å². The Morgan fingerprint density at radius 2 is 2.12 bits per heavy atom. The fourth-order valence-corrected chi connectivity index (χ4v) is 4.88. The van der Waals surface area contributed by atoms with Crippen molar-refractivity contribution in [2.45, 2.75) is 18.8 Å². The fourth-order valence-electron chi connectivity index (χ4n) is 2.69.